The van der Waals surface area contributed by atoms with Crippen LogP contribution in [0.25, 0.3) is 0 Å². The number of nitrogens with one attached hydrogen (secondary N) is 1. The first-order valence-corrected chi connectivity index (χ1v) is 5.96. The van der Waals surface area contributed by atoms with Crippen molar-refractivity contribution in [2.24, 2.45) is 13.0 Å². The zero-order valence-electron chi connectivity index (χ0n) is 10.9. The minimum absolute atomic E-state index is 0.491. The van der Waals surface area contributed by atoms with Crippen LogP contribution in [0.3, 0.4) is 0 Å². The number of tetrazole rings is 1. The van der Waals surface area contributed by atoms with Crippen LogP contribution in [-0.4, -0.2) is 41.7 Å². The highest BCUT2D eigenvalue weighted by Crippen LogP contribution is 1.97. The second-order valence-corrected chi connectivity index (χ2v) is 4.63. The molecule has 0 aliphatic rings. The standard InChI is InChI=1S/C10H18N8/c1-8(2)4-11-5-9-6-18(16-12-9)7-10-13-15-17(3)14-10/h6,8,11H,4-5,7H2,1-3H3. The predicted octanol–water partition coefficient (Wildman–Crippen LogP) is -0.404. The van der Waals surface area contributed by atoms with Crippen molar-refractivity contribution >= 4 is 0 Å². The predicted molar refractivity (Wildman–Crippen MR) is 64.5 cm³/mol. The second-order valence-electron chi connectivity index (χ2n) is 4.63. The van der Waals surface area contributed by atoms with Crippen molar-refractivity contribution in [3.63, 3.8) is 0 Å². The van der Waals surface area contributed by atoms with Crippen LogP contribution in [0.5, 0.6) is 0 Å². The van der Waals surface area contributed by atoms with Crippen molar-refractivity contribution in [1.29, 1.82) is 0 Å². The summed E-state index contributed by atoms with van der Waals surface area (Å²) in [5.41, 5.74) is 0.916. The van der Waals surface area contributed by atoms with E-state index < -0.39 is 0 Å². The molecule has 0 unspecified atom stereocenters. The van der Waals surface area contributed by atoms with E-state index in [2.05, 4.69) is 44.9 Å². The molecule has 2 heterocycles. The van der Waals surface area contributed by atoms with Crippen molar-refractivity contribution in [2.75, 3.05) is 6.54 Å². The number of aryl methyl sites for hydroxylation is 1. The quantitative estimate of drug-likeness (QED) is 0.750. The van der Waals surface area contributed by atoms with E-state index in [0.29, 0.717) is 18.3 Å². The van der Waals surface area contributed by atoms with Gasteiger partial charge >= 0.3 is 0 Å². The summed E-state index contributed by atoms with van der Waals surface area (Å²) in [4.78, 5) is 1.43. The van der Waals surface area contributed by atoms with E-state index in [9.17, 15) is 0 Å². The highest BCUT2D eigenvalue weighted by Gasteiger charge is 2.05. The molecule has 0 saturated carbocycles. The van der Waals surface area contributed by atoms with E-state index in [1.807, 2.05) is 6.20 Å². The molecule has 98 valence electrons. The molecule has 2 rings (SSSR count). The third-order valence-electron chi connectivity index (χ3n) is 2.30. The first-order valence-electron chi connectivity index (χ1n) is 5.96. The lowest BCUT2D eigenvalue weighted by Gasteiger charge is -2.04. The highest BCUT2D eigenvalue weighted by molar-refractivity contribution is 4.93. The smallest absolute Gasteiger partial charge is 0.196 e. The largest absolute Gasteiger partial charge is 0.311 e. The molecular formula is C10H18N8. The van der Waals surface area contributed by atoms with Gasteiger partial charge in [-0.3, -0.25) is 0 Å². The summed E-state index contributed by atoms with van der Waals surface area (Å²) in [6.07, 6.45) is 1.89. The average Bonchev–Trinajstić information content (AvgIpc) is 2.89. The third-order valence-corrected chi connectivity index (χ3v) is 2.30. The Morgan fingerprint density at radius 2 is 2.11 bits per heavy atom. The molecule has 0 atom stereocenters. The zero-order valence-corrected chi connectivity index (χ0v) is 10.9. The van der Waals surface area contributed by atoms with Gasteiger partial charge in [-0.05, 0) is 17.7 Å². The van der Waals surface area contributed by atoms with Gasteiger partial charge in [0.05, 0.1) is 18.9 Å². The van der Waals surface area contributed by atoms with E-state index >= 15 is 0 Å². The maximum absolute atomic E-state index is 4.09. The van der Waals surface area contributed by atoms with Crippen molar-refractivity contribution in [1.82, 2.24) is 40.5 Å². The van der Waals surface area contributed by atoms with E-state index in [1.54, 1.807) is 11.7 Å². The van der Waals surface area contributed by atoms with E-state index in [4.69, 9.17) is 0 Å². The van der Waals surface area contributed by atoms with Gasteiger partial charge in [0.15, 0.2) is 5.82 Å². The van der Waals surface area contributed by atoms with Gasteiger partial charge in [0, 0.05) is 6.54 Å². The fourth-order valence-corrected chi connectivity index (χ4v) is 1.52. The molecule has 0 aliphatic carbocycles. The molecule has 18 heavy (non-hydrogen) atoms. The van der Waals surface area contributed by atoms with Gasteiger partial charge in [-0.25, -0.2) is 4.68 Å². The zero-order chi connectivity index (χ0) is 13.0. The Morgan fingerprint density at radius 3 is 2.78 bits per heavy atom. The van der Waals surface area contributed by atoms with E-state index in [1.165, 1.54) is 4.80 Å². The molecule has 0 fully saturated rings. The van der Waals surface area contributed by atoms with E-state index in [-0.39, 0.29) is 0 Å². The minimum atomic E-state index is 0.491. The van der Waals surface area contributed by atoms with Crippen LogP contribution < -0.4 is 5.32 Å². The van der Waals surface area contributed by atoms with Crippen molar-refractivity contribution in [2.45, 2.75) is 26.9 Å². The van der Waals surface area contributed by atoms with Crippen LogP contribution in [0.1, 0.15) is 25.4 Å². The first kappa shape index (κ1) is 12.6. The highest BCUT2D eigenvalue weighted by atomic mass is 15.6. The minimum Gasteiger partial charge on any atom is -0.311 e. The van der Waals surface area contributed by atoms with Gasteiger partial charge in [0.1, 0.15) is 6.54 Å². The number of nitrogens with zero attached hydrogens (tertiary/aromatic N) is 7. The molecule has 0 saturated heterocycles. The lowest BCUT2D eigenvalue weighted by molar-refractivity contribution is 0.548. The van der Waals surface area contributed by atoms with Crippen LogP contribution in [0.2, 0.25) is 0 Å². The Labute approximate surface area is 105 Å². The van der Waals surface area contributed by atoms with Crippen LogP contribution in [0.15, 0.2) is 6.20 Å². The number of aromatic nitrogens is 7. The molecule has 0 aromatic carbocycles. The Hall–Kier alpha value is -1.83. The Morgan fingerprint density at radius 1 is 1.28 bits per heavy atom. The van der Waals surface area contributed by atoms with E-state index in [0.717, 1.165) is 18.8 Å². The fraction of sp³-hybridized carbons (Fsp3) is 0.700. The van der Waals surface area contributed by atoms with Gasteiger partial charge in [-0.15, -0.1) is 15.3 Å². The topological polar surface area (TPSA) is 86.3 Å². The number of hydrogen-bond donors (Lipinski definition) is 1. The lowest BCUT2D eigenvalue weighted by atomic mass is 10.2. The first-order chi connectivity index (χ1) is 8.63. The summed E-state index contributed by atoms with van der Waals surface area (Å²) in [5, 5.41) is 23.2. The van der Waals surface area contributed by atoms with Crippen LogP contribution in [0.4, 0.5) is 0 Å². The third kappa shape index (κ3) is 3.59. The molecule has 8 nitrogen and oxygen atoms in total. The van der Waals surface area contributed by atoms with Crippen molar-refractivity contribution in [3.05, 3.63) is 17.7 Å². The van der Waals surface area contributed by atoms with Gasteiger partial charge in [0.2, 0.25) is 0 Å². The second kappa shape index (κ2) is 5.67. The lowest BCUT2D eigenvalue weighted by Crippen LogP contribution is -2.19. The summed E-state index contributed by atoms with van der Waals surface area (Å²) in [7, 11) is 1.74. The van der Waals surface area contributed by atoms with Crippen molar-refractivity contribution in [3.8, 4) is 0 Å². The summed E-state index contributed by atoms with van der Waals surface area (Å²) in [6.45, 7) is 6.53. The molecule has 1 N–H and O–H groups in total. The molecule has 8 heteroatoms. The van der Waals surface area contributed by atoms with Crippen LogP contribution >= 0.6 is 0 Å². The Kier molecular flexibility index (Phi) is 3.98. The Balaban J connectivity index is 1.86. The van der Waals surface area contributed by atoms with Crippen LogP contribution in [-0.2, 0) is 20.1 Å². The molecule has 2 aromatic rings. The van der Waals surface area contributed by atoms with Gasteiger partial charge in [-0.1, -0.05) is 19.1 Å². The fourth-order valence-electron chi connectivity index (χ4n) is 1.52. The molecule has 2 aromatic heterocycles. The number of rotatable bonds is 6. The maximum Gasteiger partial charge on any atom is 0.196 e. The van der Waals surface area contributed by atoms with Crippen LogP contribution in [0, 0.1) is 5.92 Å². The van der Waals surface area contributed by atoms with Gasteiger partial charge < -0.3 is 5.32 Å². The summed E-state index contributed by atoms with van der Waals surface area (Å²) >= 11 is 0. The summed E-state index contributed by atoms with van der Waals surface area (Å²) in [5.74, 6) is 1.26. The summed E-state index contributed by atoms with van der Waals surface area (Å²) < 4.78 is 1.71. The molecule has 0 aliphatic heterocycles. The van der Waals surface area contributed by atoms with Gasteiger partial charge in [-0.2, -0.15) is 4.80 Å². The molecular weight excluding hydrogens is 232 g/mol. The molecule has 0 amide bonds. The molecule has 0 bridgehead atoms. The van der Waals surface area contributed by atoms with Crippen molar-refractivity contribution < 1.29 is 0 Å². The SMILES string of the molecule is CC(C)CNCc1cn(Cc2nnn(C)n2)nn1. The molecule has 0 spiro atoms. The maximum atomic E-state index is 4.09. The Bertz CT molecular complexity index is 486. The number of hydrogen-bond acceptors (Lipinski definition) is 6. The average molecular weight is 250 g/mol. The molecule has 0 radical (unpaired) electrons. The van der Waals surface area contributed by atoms with Gasteiger partial charge in [0.25, 0.3) is 0 Å². The monoisotopic (exact) mass is 250 g/mol. The normalized spacial score (nSPS) is 11.3. The summed E-state index contributed by atoms with van der Waals surface area (Å²) in [6, 6.07) is 0.